The highest BCUT2D eigenvalue weighted by atomic mass is 35.5. The third-order valence-corrected chi connectivity index (χ3v) is 4.06. The summed E-state index contributed by atoms with van der Waals surface area (Å²) in [7, 11) is 0. The van der Waals surface area contributed by atoms with Crippen molar-refractivity contribution in [3.8, 4) is 0 Å². The Morgan fingerprint density at radius 3 is 2.95 bits per heavy atom. The van der Waals surface area contributed by atoms with Crippen LogP contribution in [0.5, 0.6) is 0 Å². The standard InChI is InChI=1S/C16H19ClN2O2/c1-2-21-15(20)6-5-12-7-13(11-3-4-11)9-19-10-14(8-17)18-16(12)19/h7,9-11H,2-6,8H2,1H3. The predicted octanol–water partition coefficient (Wildman–Crippen LogP) is 3.45. The van der Waals surface area contributed by atoms with Crippen LogP contribution in [0.2, 0.25) is 0 Å². The minimum atomic E-state index is -0.156. The smallest absolute Gasteiger partial charge is 0.306 e. The van der Waals surface area contributed by atoms with Gasteiger partial charge in [0.05, 0.1) is 18.2 Å². The molecule has 1 saturated carbocycles. The first-order chi connectivity index (χ1) is 10.2. The fourth-order valence-corrected chi connectivity index (χ4v) is 2.73. The summed E-state index contributed by atoms with van der Waals surface area (Å²) < 4.78 is 7.05. The number of esters is 1. The van der Waals surface area contributed by atoms with Gasteiger partial charge in [0.25, 0.3) is 0 Å². The lowest BCUT2D eigenvalue weighted by Crippen LogP contribution is -2.06. The van der Waals surface area contributed by atoms with E-state index in [0.29, 0.717) is 31.2 Å². The van der Waals surface area contributed by atoms with Gasteiger partial charge in [-0.3, -0.25) is 4.79 Å². The molecule has 0 unspecified atom stereocenters. The number of fused-ring (bicyclic) bond motifs is 1. The fourth-order valence-electron chi connectivity index (χ4n) is 2.60. The lowest BCUT2D eigenvalue weighted by atomic mass is 10.1. The molecule has 3 rings (SSSR count). The molecule has 112 valence electrons. The second kappa shape index (κ2) is 6.06. The number of carbonyl (C=O) groups excluding carboxylic acids is 1. The minimum Gasteiger partial charge on any atom is -0.466 e. The van der Waals surface area contributed by atoms with Gasteiger partial charge in [-0.15, -0.1) is 11.6 Å². The lowest BCUT2D eigenvalue weighted by Gasteiger charge is -2.07. The zero-order valence-corrected chi connectivity index (χ0v) is 12.9. The second-order valence-electron chi connectivity index (χ2n) is 5.47. The number of nitrogens with zero attached hydrogens (tertiary/aromatic N) is 2. The average molecular weight is 307 g/mol. The van der Waals surface area contributed by atoms with Gasteiger partial charge >= 0.3 is 5.97 Å². The normalized spacial score (nSPS) is 14.6. The molecule has 0 amide bonds. The zero-order chi connectivity index (χ0) is 14.8. The Hall–Kier alpha value is -1.55. The van der Waals surface area contributed by atoms with E-state index in [-0.39, 0.29) is 5.97 Å². The molecule has 0 saturated heterocycles. The Morgan fingerprint density at radius 2 is 2.29 bits per heavy atom. The average Bonchev–Trinajstić information content (AvgIpc) is 3.24. The molecular weight excluding hydrogens is 288 g/mol. The quantitative estimate of drug-likeness (QED) is 0.606. The van der Waals surface area contributed by atoms with Crippen LogP contribution in [0.4, 0.5) is 0 Å². The van der Waals surface area contributed by atoms with Crippen LogP contribution in [-0.4, -0.2) is 22.0 Å². The summed E-state index contributed by atoms with van der Waals surface area (Å²) in [5.74, 6) is 0.909. The number of hydrogen-bond acceptors (Lipinski definition) is 3. The van der Waals surface area contributed by atoms with Gasteiger partial charge in [0.15, 0.2) is 0 Å². The van der Waals surface area contributed by atoms with Gasteiger partial charge in [0.1, 0.15) is 5.65 Å². The first-order valence-electron chi connectivity index (χ1n) is 7.43. The van der Waals surface area contributed by atoms with Gasteiger partial charge in [-0.2, -0.15) is 0 Å². The highest BCUT2D eigenvalue weighted by Gasteiger charge is 2.25. The van der Waals surface area contributed by atoms with Gasteiger partial charge in [0, 0.05) is 18.8 Å². The second-order valence-corrected chi connectivity index (χ2v) is 5.74. The highest BCUT2D eigenvalue weighted by molar-refractivity contribution is 6.16. The Morgan fingerprint density at radius 1 is 1.48 bits per heavy atom. The van der Waals surface area contributed by atoms with E-state index in [2.05, 4.69) is 17.2 Å². The number of alkyl halides is 1. The van der Waals surface area contributed by atoms with E-state index in [9.17, 15) is 4.79 Å². The summed E-state index contributed by atoms with van der Waals surface area (Å²) >= 11 is 5.88. The van der Waals surface area contributed by atoms with Crippen molar-refractivity contribution in [1.29, 1.82) is 0 Å². The van der Waals surface area contributed by atoms with E-state index in [1.54, 1.807) is 0 Å². The largest absolute Gasteiger partial charge is 0.466 e. The number of rotatable bonds is 6. The van der Waals surface area contributed by atoms with Gasteiger partial charge in [0.2, 0.25) is 0 Å². The van der Waals surface area contributed by atoms with Crippen LogP contribution in [0.1, 0.15) is 48.9 Å². The number of pyridine rings is 1. The Balaban J connectivity index is 1.90. The summed E-state index contributed by atoms with van der Waals surface area (Å²) in [5, 5.41) is 0. The van der Waals surface area contributed by atoms with Crippen LogP contribution in [0.15, 0.2) is 18.5 Å². The van der Waals surface area contributed by atoms with Crippen LogP contribution in [0.3, 0.4) is 0 Å². The van der Waals surface area contributed by atoms with Crippen molar-refractivity contribution in [1.82, 2.24) is 9.38 Å². The Bertz CT molecular complexity index is 662. The van der Waals surface area contributed by atoms with Crippen LogP contribution in [-0.2, 0) is 21.8 Å². The van der Waals surface area contributed by atoms with Crippen molar-refractivity contribution in [2.24, 2.45) is 0 Å². The molecule has 2 aromatic heterocycles. The topological polar surface area (TPSA) is 43.6 Å². The molecule has 4 nitrogen and oxygen atoms in total. The Kier molecular flexibility index (Phi) is 4.15. The number of hydrogen-bond donors (Lipinski definition) is 0. The number of ether oxygens (including phenoxy) is 1. The summed E-state index contributed by atoms with van der Waals surface area (Å²) in [6, 6.07) is 2.19. The van der Waals surface area contributed by atoms with Gasteiger partial charge < -0.3 is 9.14 Å². The SMILES string of the molecule is CCOC(=O)CCc1cc(C2CC2)cn2cc(CCl)nc12. The van der Waals surface area contributed by atoms with Crippen molar-refractivity contribution in [3.63, 3.8) is 0 Å². The monoisotopic (exact) mass is 306 g/mol. The molecular formula is C16H19ClN2O2. The summed E-state index contributed by atoms with van der Waals surface area (Å²) in [4.78, 5) is 16.1. The molecule has 0 spiro atoms. The first-order valence-corrected chi connectivity index (χ1v) is 7.96. The molecule has 1 aliphatic rings. The lowest BCUT2D eigenvalue weighted by molar-refractivity contribution is -0.143. The molecule has 2 heterocycles. The molecule has 0 N–H and O–H groups in total. The molecule has 21 heavy (non-hydrogen) atoms. The molecule has 0 atom stereocenters. The van der Waals surface area contributed by atoms with Gasteiger partial charge in [-0.05, 0) is 43.2 Å². The van der Waals surface area contributed by atoms with E-state index in [1.165, 1.54) is 18.4 Å². The van der Waals surface area contributed by atoms with E-state index in [1.807, 2.05) is 17.5 Å². The van der Waals surface area contributed by atoms with Gasteiger partial charge in [-0.1, -0.05) is 6.07 Å². The van der Waals surface area contributed by atoms with E-state index in [0.717, 1.165) is 16.9 Å². The van der Waals surface area contributed by atoms with Crippen LogP contribution in [0.25, 0.3) is 5.65 Å². The van der Waals surface area contributed by atoms with E-state index >= 15 is 0 Å². The number of imidazole rings is 1. The highest BCUT2D eigenvalue weighted by Crippen LogP contribution is 2.40. The third-order valence-electron chi connectivity index (χ3n) is 3.79. The van der Waals surface area contributed by atoms with Crippen molar-refractivity contribution in [2.45, 2.75) is 44.4 Å². The first kappa shape index (κ1) is 14.4. The summed E-state index contributed by atoms with van der Waals surface area (Å²) in [5.41, 5.74) is 4.20. The predicted molar refractivity (Wildman–Crippen MR) is 81.7 cm³/mol. The summed E-state index contributed by atoms with van der Waals surface area (Å²) in [6.07, 6.45) is 7.66. The van der Waals surface area contributed by atoms with Gasteiger partial charge in [-0.25, -0.2) is 4.98 Å². The molecule has 1 fully saturated rings. The maximum atomic E-state index is 11.6. The fraction of sp³-hybridized carbons (Fsp3) is 0.500. The van der Waals surface area contributed by atoms with E-state index < -0.39 is 0 Å². The molecule has 0 aliphatic heterocycles. The molecule has 0 aromatic carbocycles. The molecule has 0 bridgehead atoms. The molecule has 1 aliphatic carbocycles. The third kappa shape index (κ3) is 3.21. The maximum Gasteiger partial charge on any atom is 0.306 e. The number of aromatic nitrogens is 2. The van der Waals surface area contributed by atoms with Crippen molar-refractivity contribution in [2.75, 3.05) is 6.61 Å². The number of halogens is 1. The van der Waals surface area contributed by atoms with Crippen LogP contribution >= 0.6 is 11.6 Å². The van der Waals surface area contributed by atoms with Crippen LogP contribution < -0.4 is 0 Å². The van der Waals surface area contributed by atoms with Crippen molar-refractivity contribution >= 4 is 23.2 Å². The zero-order valence-electron chi connectivity index (χ0n) is 12.1. The van der Waals surface area contributed by atoms with Crippen molar-refractivity contribution < 1.29 is 9.53 Å². The maximum absolute atomic E-state index is 11.6. The number of aryl methyl sites for hydroxylation is 1. The molecule has 5 heteroatoms. The molecule has 0 radical (unpaired) electrons. The van der Waals surface area contributed by atoms with E-state index in [4.69, 9.17) is 16.3 Å². The summed E-state index contributed by atoms with van der Waals surface area (Å²) in [6.45, 7) is 2.25. The Labute approximate surface area is 129 Å². The van der Waals surface area contributed by atoms with Crippen LogP contribution in [0, 0.1) is 0 Å². The number of carbonyl (C=O) groups is 1. The minimum absolute atomic E-state index is 0.156. The van der Waals surface area contributed by atoms with Crippen molar-refractivity contribution in [3.05, 3.63) is 35.3 Å². The molecule has 2 aromatic rings.